The highest BCUT2D eigenvalue weighted by Gasteiger charge is 2.35. The number of nitrogens with zero attached hydrogens (tertiary/aromatic N) is 2. The van der Waals surface area contributed by atoms with Gasteiger partial charge < -0.3 is 9.73 Å². The van der Waals surface area contributed by atoms with Gasteiger partial charge in [0.05, 0.1) is 11.3 Å². The molecule has 1 unspecified atom stereocenters. The first-order chi connectivity index (χ1) is 15.8. The monoisotopic (exact) mass is 489 g/mol. The Morgan fingerprint density at radius 2 is 1.64 bits per heavy atom. The van der Waals surface area contributed by atoms with Gasteiger partial charge in [-0.25, -0.2) is 0 Å². The van der Waals surface area contributed by atoms with Crippen molar-refractivity contribution >= 4 is 35.0 Å². The Morgan fingerprint density at radius 3 is 2.30 bits per heavy atom. The van der Waals surface area contributed by atoms with Gasteiger partial charge in [-0.3, -0.25) is 4.79 Å². The van der Waals surface area contributed by atoms with E-state index < -0.39 is 28.6 Å². The van der Waals surface area contributed by atoms with Crippen molar-refractivity contribution in [1.29, 1.82) is 0 Å². The summed E-state index contributed by atoms with van der Waals surface area (Å²) in [6.07, 6.45) is -4.69. The summed E-state index contributed by atoms with van der Waals surface area (Å²) < 4.78 is 46.1. The zero-order chi connectivity index (χ0) is 23.4. The molecule has 0 aliphatic carbocycles. The SMILES string of the molecule is O=C(Nc1ccc(Cl)cc1C(F)(F)F)C(Sc1nnc(-c2ccccc2)o1)c1ccccc1. The molecule has 1 atom stereocenters. The Morgan fingerprint density at radius 1 is 0.970 bits per heavy atom. The van der Waals surface area contributed by atoms with Crippen molar-refractivity contribution in [1.82, 2.24) is 10.2 Å². The zero-order valence-electron chi connectivity index (χ0n) is 16.7. The summed E-state index contributed by atoms with van der Waals surface area (Å²) in [5.74, 6) is -0.416. The molecule has 1 aromatic heterocycles. The van der Waals surface area contributed by atoms with Crippen molar-refractivity contribution in [3.63, 3.8) is 0 Å². The number of carbonyl (C=O) groups is 1. The largest absolute Gasteiger partial charge is 0.418 e. The smallest absolute Gasteiger partial charge is 0.411 e. The van der Waals surface area contributed by atoms with Gasteiger partial charge in [-0.15, -0.1) is 10.2 Å². The second-order valence-electron chi connectivity index (χ2n) is 6.82. The number of thioether (sulfide) groups is 1. The summed E-state index contributed by atoms with van der Waals surface area (Å²) in [5.41, 5.74) is -0.172. The van der Waals surface area contributed by atoms with Crippen LogP contribution in [0.25, 0.3) is 11.5 Å². The molecule has 0 saturated heterocycles. The molecule has 3 aromatic carbocycles. The zero-order valence-corrected chi connectivity index (χ0v) is 18.3. The lowest BCUT2D eigenvalue weighted by Crippen LogP contribution is -2.21. The van der Waals surface area contributed by atoms with Gasteiger partial charge in [-0.2, -0.15) is 13.2 Å². The van der Waals surface area contributed by atoms with Gasteiger partial charge in [-0.05, 0) is 47.7 Å². The maximum absolute atomic E-state index is 13.5. The van der Waals surface area contributed by atoms with Gasteiger partial charge in [0, 0.05) is 10.6 Å². The molecule has 4 aromatic rings. The van der Waals surface area contributed by atoms with E-state index in [4.69, 9.17) is 16.0 Å². The van der Waals surface area contributed by atoms with Crippen LogP contribution >= 0.6 is 23.4 Å². The van der Waals surface area contributed by atoms with Crippen LogP contribution < -0.4 is 5.32 Å². The van der Waals surface area contributed by atoms with Crippen molar-refractivity contribution in [2.24, 2.45) is 0 Å². The molecule has 0 radical (unpaired) electrons. The summed E-state index contributed by atoms with van der Waals surface area (Å²) in [7, 11) is 0. The number of alkyl halides is 3. The van der Waals surface area contributed by atoms with Crippen LogP contribution in [0.3, 0.4) is 0 Å². The number of anilines is 1. The topological polar surface area (TPSA) is 68.0 Å². The molecule has 1 amide bonds. The number of amides is 1. The standard InChI is InChI=1S/C23H15ClF3N3O2S/c24-16-11-12-18(17(13-16)23(25,26)27)28-20(31)19(14-7-3-1-4-8-14)33-22-30-29-21(32-22)15-9-5-2-6-10-15/h1-13,19H,(H,28,31). The van der Waals surface area contributed by atoms with Crippen LogP contribution in [0.4, 0.5) is 18.9 Å². The van der Waals surface area contributed by atoms with E-state index in [2.05, 4.69) is 15.5 Å². The molecule has 1 heterocycles. The summed E-state index contributed by atoms with van der Waals surface area (Å²) in [4.78, 5) is 13.1. The number of rotatable bonds is 6. The molecule has 33 heavy (non-hydrogen) atoms. The van der Waals surface area contributed by atoms with Gasteiger partial charge in [0.2, 0.25) is 11.8 Å². The fraction of sp³-hybridized carbons (Fsp3) is 0.0870. The lowest BCUT2D eigenvalue weighted by atomic mass is 10.1. The van der Waals surface area contributed by atoms with E-state index in [1.807, 2.05) is 18.2 Å². The molecule has 0 saturated carbocycles. The first-order valence-corrected chi connectivity index (χ1v) is 10.8. The quantitative estimate of drug-likeness (QED) is 0.299. The van der Waals surface area contributed by atoms with Gasteiger partial charge in [0.1, 0.15) is 5.25 Å². The Balaban J connectivity index is 1.63. The first kappa shape index (κ1) is 22.9. The van der Waals surface area contributed by atoms with E-state index >= 15 is 0 Å². The van der Waals surface area contributed by atoms with Crippen LogP contribution in [-0.4, -0.2) is 16.1 Å². The third-order valence-corrected chi connectivity index (χ3v) is 5.85. The van der Waals surface area contributed by atoms with Gasteiger partial charge in [0.25, 0.3) is 5.22 Å². The molecule has 1 N–H and O–H groups in total. The molecular formula is C23H15ClF3N3O2S. The van der Waals surface area contributed by atoms with Gasteiger partial charge >= 0.3 is 6.18 Å². The van der Waals surface area contributed by atoms with Crippen LogP contribution in [0.5, 0.6) is 0 Å². The Hall–Kier alpha value is -3.30. The molecule has 0 bridgehead atoms. The van der Waals surface area contributed by atoms with E-state index in [-0.39, 0.29) is 16.1 Å². The van der Waals surface area contributed by atoms with Crippen molar-refractivity contribution in [3.05, 3.63) is 95.0 Å². The second-order valence-corrected chi connectivity index (χ2v) is 8.32. The van der Waals surface area contributed by atoms with Crippen LogP contribution in [-0.2, 0) is 11.0 Å². The maximum Gasteiger partial charge on any atom is 0.418 e. The molecule has 0 spiro atoms. The minimum Gasteiger partial charge on any atom is -0.411 e. The first-order valence-electron chi connectivity index (χ1n) is 9.59. The highest BCUT2D eigenvalue weighted by atomic mass is 35.5. The Labute approximate surface area is 196 Å². The average molecular weight is 490 g/mol. The van der Waals surface area contributed by atoms with Crippen LogP contribution in [0, 0.1) is 0 Å². The number of nitrogens with one attached hydrogen (secondary N) is 1. The van der Waals surface area contributed by atoms with E-state index in [1.165, 1.54) is 6.07 Å². The van der Waals surface area contributed by atoms with Gasteiger partial charge in [-0.1, -0.05) is 60.1 Å². The predicted octanol–water partition coefficient (Wildman–Crippen LogP) is 6.88. The number of hydrogen-bond donors (Lipinski definition) is 1. The van der Waals surface area contributed by atoms with Crippen LogP contribution in [0.15, 0.2) is 88.5 Å². The lowest BCUT2D eigenvalue weighted by Gasteiger charge is -2.18. The minimum atomic E-state index is -4.69. The van der Waals surface area contributed by atoms with Crippen LogP contribution in [0.2, 0.25) is 5.02 Å². The molecule has 0 fully saturated rings. The van der Waals surface area contributed by atoms with E-state index in [1.54, 1.807) is 42.5 Å². The minimum absolute atomic E-state index is 0.0893. The lowest BCUT2D eigenvalue weighted by molar-refractivity contribution is -0.137. The summed E-state index contributed by atoms with van der Waals surface area (Å²) >= 11 is 6.68. The molecular weight excluding hydrogens is 475 g/mol. The van der Waals surface area contributed by atoms with Crippen molar-refractivity contribution in [2.75, 3.05) is 5.32 Å². The fourth-order valence-corrected chi connectivity index (χ4v) is 4.06. The van der Waals surface area contributed by atoms with Gasteiger partial charge in [0.15, 0.2) is 0 Å². The third kappa shape index (κ3) is 5.55. The molecule has 5 nitrogen and oxygen atoms in total. The molecule has 4 rings (SSSR count). The maximum atomic E-state index is 13.5. The molecule has 0 aliphatic rings. The summed E-state index contributed by atoms with van der Waals surface area (Å²) in [6.45, 7) is 0. The number of hydrogen-bond acceptors (Lipinski definition) is 5. The van der Waals surface area contributed by atoms with Crippen molar-refractivity contribution < 1.29 is 22.4 Å². The second kappa shape index (κ2) is 9.68. The molecule has 10 heteroatoms. The van der Waals surface area contributed by atoms with Crippen LogP contribution in [0.1, 0.15) is 16.4 Å². The fourth-order valence-electron chi connectivity index (χ4n) is 3.01. The number of carbonyl (C=O) groups excluding carboxylic acids is 1. The molecule has 168 valence electrons. The van der Waals surface area contributed by atoms with E-state index in [0.717, 1.165) is 23.9 Å². The highest BCUT2D eigenvalue weighted by Crippen LogP contribution is 2.39. The normalized spacial score (nSPS) is 12.4. The summed E-state index contributed by atoms with van der Waals surface area (Å²) in [5, 5.41) is 9.42. The third-order valence-electron chi connectivity index (χ3n) is 4.53. The Kier molecular flexibility index (Phi) is 6.71. The average Bonchev–Trinajstić information content (AvgIpc) is 3.28. The number of benzene rings is 3. The van der Waals surface area contributed by atoms with Crippen molar-refractivity contribution in [3.8, 4) is 11.5 Å². The molecule has 0 aliphatic heterocycles. The highest BCUT2D eigenvalue weighted by molar-refractivity contribution is 8.00. The number of halogens is 4. The van der Waals surface area contributed by atoms with E-state index in [0.29, 0.717) is 11.1 Å². The summed E-state index contributed by atoms with van der Waals surface area (Å²) in [6, 6.07) is 20.8. The van der Waals surface area contributed by atoms with E-state index in [9.17, 15) is 18.0 Å². The van der Waals surface area contributed by atoms with Crippen molar-refractivity contribution in [2.45, 2.75) is 16.6 Å². The number of aromatic nitrogens is 2. The Bertz CT molecular complexity index is 1250. The predicted molar refractivity (Wildman–Crippen MR) is 120 cm³/mol.